The molecule has 3 unspecified atom stereocenters. The van der Waals surface area contributed by atoms with E-state index in [1.807, 2.05) is 24.3 Å². The van der Waals surface area contributed by atoms with Crippen molar-refractivity contribution in [3.63, 3.8) is 0 Å². The van der Waals surface area contributed by atoms with Crippen LogP contribution in [0.15, 0.2) is 72.8 Å². The average molecular weight is 551 g/mol. The third-order valence-electron chi connectivity index (χ3n) is 7.37. The van der Waals surface area contributed by atoms with Crippen LogP contribution in [0.4, 0.5) is 14.5 Å². The van der Waals surface area contributed by atoms with Crippen molar-refractivity contribution in [1.29, 1.82) is 0 Å². The zero-order valence-electron chi connectivity index (χ0n) is 23.3. The summed E-state index contributed by atoms with van der Waals surface area (Å²) in [4.78, 5) is 27.2. The van der Waals surface area contributed by atoms with Gasteiger partial charge in [0.15, 0.2) is 0 Å². The number of nitrogens with one attached hydrogen (secondary N) is 1. The van der Waals surface area contributed by atoms with E-state index < -0.39 is 6.10 Å². The van der Waals surface area contributed by atoms with E-state index in [1.54, 1.807) is 29.2 Å². The number of halogens is 2. The summed E-state index contributed by atoms with van der Waals surface area (Å²) in [6.07, 6.45) is 1.26. The standard InChI is InChI=1S/C32H37F2N3O3/c1-37(2,3)20-4-5-30(39)35-21-22-6-8-24(9-7-22)31-28(18-19-29(38)23-10-12-25(33)13-11-23)32(40)36(31)27-16-14-26(34)15-17-27/h6-17,28-29,31,38H,4-5,18-21H2,1-3H3/p+1. The first kappa shape index (κ1) is 29.4. The van der Waals surface area contributed by atoms with Gasteiger partial charge in [0, 0.05) is 25.1 Å². The van der Waals surface area contributed by atoms with Crippen LogP contribution in [0.1, 0.15) is 54.5 Å². The van der Waals surface area contributed by atoms with Crippen molar-refractivity contribution in [2.75, 3.05) is 32.6 Å². The van der Waals surface area contributed by atoms with Crippen LogP contribution in [-0.4, -0.2) is 49.1 Å². The molecule has 1 saturated heterocycles. The minimum absolute atomic E-state index is 0.0179. The molecule has 8 heteroatoms. The Morgan fingerprint density at radius 1 is 0.950 bits per heavy atom. The molecular formula is C32H38F2N3O3+. The molecule has 0 saturated carbocycles. The minimum atomic E-state index is -0.817. The van der Waals surface area contributed by atoms with Crippen molar-refractivity contribution in [1.82, 2.24) is 5.32 Å². The number of hydrogen-bond donors (Lipinski definition) is 2. The number of benzene rings is 3. The summed E-state index contributed by atoms with van der Waals surface area (Å²) in [5.41, 5.74) is 3.08. The number of amides is 2. The van der Waals surface area contributed by atoms with Gasteiger partial charge in [-0.15, -0.1) is 0 Å². The smallest absolute Gasteiger partial charge is 0.233 e. The highest BCUT2D eigenvalue weighted by atomic mass is 19.1. The molecule has 3 aromatic carbocycles. The van der Waals surface area contributed by atoms with E-state index in [0.717, 1.165) is 28.6 Å². The van der Waals surface area contributed by atoms with Crippen LogP contribution in [0.3, 0.4) is 0 Å². The molecule has 2 amide bonds. The highest BCUT2D eigenvalue weighted by molar-refractivity contribution is 6.03. The summed E-state index contributed by atoms with van der Waals surface area (Å²) in [6, 6.07) is 19.1. The van der Waals surface area contributed by atoms with Gasteiger partial charge in [0.2, 0.25) is 11.8 Å². The zero-order valence-corrected chi connectivity index (χ0v) is 23.3. The lowest BCUT2D eigenvalue weighted by Crippen LogP contribution is -2.55. The number of hydrogen-bond acceptors (Lipinski definition) is 3. The van der Waals surface area contributed by atoms with Gasteiger partial charge in [-0.05, 0) is 65.9 Å². The van der Waals surface area contributed by atoms with Gasteiger partial charge >= 0.3 is 0 Å². The van der Waals surface area contributed by atoms with Crippen molar-refractivity contribution in [3.8, 4) is 0 Å². The molecule has 0 aromatic heterocycles. The maximum absolute atomic E-state index is 13.6. The van der Waals surface area contributed by atoms with Gasteiger partial charge in [-0.3, -0.25) is 9.59 Å². The fourth-order valence-electron chi connectivity index (χ4n) is 5.13. The SMILES string of the molecule is C[N+](C)(C)CCCC(=O)NCc1ccc(C2C(CCC(O)c3ccc(F)cc3)C(=O)N2c2ccc(F)cc2)cc1. The van der Waals surface area contributed by atoms with E-state index >= 15 is 0 Å². The average Bonchev–Trinajstić information content (AvgIpc) is 2.91. The van der Waals surface area contributed by atoms with Crippen molar-refractivity contribution >= 4 is 17.5 Å². The Bertz CT molecular complexity index is 1290. The second-order valence-electron chi connectivity index (χ2n) is 11.5. The van der Waals surface area contributed by atoms with E-state index in [4.69, 9.17) is 0 Å². The number of carbonyl (C=O) groups is 2. The van der Waals surface area contributed by atoms with Crippen LogP contribution < -0.4 is 10.2 Å². The molecule has 1 aliphatic heterocycles. The fraction of sp³-hybridized carbons (Fsp3) is 0.375. The zero-order chi connectivity index (χ0) is 28.9. The van der Waals surface area contributed by atoms with Crippen LogP contribution in [0.25, 0.3) is 0 Å². The van der Waals surface area contributed by atoms with Gasteiger partial charge < -0.3 is 19.8 Å². The van der Waals surface area contributed by atoms with E-state index in [0.29, 0.717) is 37.1 Å². The van der Waals surface area contributed by atoms with Crippen LogP contribution in [0.2, 0.25) is 0 Å². The Labute approximate surface area is 234 Å². The van der Waals surface area contributed by atoms with Crippen LogP contribution >= 0.6 is 0 Å². The Kier molecular flexibility index (Phi) is 9.32. The van der Waals surface area contributed by atoms with E-state index in [1.165, 1.54) is 24.3 Å². The number of β-lactam (4-membered cyclic amide) rings is 1. The number of aliphatic hydroxyl groups excluding tert-OH is 1. The van der Waals surface area contributed by atoms with Gasteiger partial charge in [0.05, 0.1) is 45.8 Å². The first-order chi connectivity index (χ1) is 19.0. The lowest BCUT2D eigenvalue weighted by molar-refractivity contribution is -0.870. The predicted molar refractivity (Wildman–Crippen MR) is 151 cm³/mol. The lowest BCUT2D eigenvalue weighted by Gasteiger charge is -2.48. The van der Waals surface area contributed by atoms with Crippen LogP contribution in [-0.2, 0) is 16.1 Å². The van der Waals surface area contributed by atoms with Gasteiger partial charge in [-0.25, -0.2) is 8.78 Å². The third kappa shape index (κ3) is 7.52. The quantitative estimate of drug-likeness (QED) is 0.238. The van der Waals surface area contributed by atoms with Gasteiger partial charge in [-0.1, -0.05) is 36.4 Å². The Morgan fingerprint density at radius 3 is 2.15 bits per heavy atom. The molecule has 0 aliphatic carbocycles. The molecule has 0 radical (unpaired) electrons. The first-order valence-corrected chi connectivity index (χ1v) is 13.7. The Hall–Kier alpha value is -3.62. The molecule has 3 aromatic rings. The summed E-state index contributed by atoms with van der Waals surface area (Å²) in [5, 5.41) is 13.6. The van der Waals surface area contributed by atoms with Gasteiger partial charge in [0.1, 0.15) is 11.6 Å². The molecule has 1 heterocycles. The lowest BCUT2D eigenvalue weighted by atomic mass is 9.78. The van der Waals surface area contributed by atoms with E-state index in [2.05, 4.69) is 26.5 Å². The monoisotopic (exact) mass is 550 g/mol. The molecule has 3 atom stereocenters. The van der Waals surface area contributed by atoms with E-state index in [-0.39, 0.29) is 35.4 Å². The summed E-state index contributed by atoms with van der Waals surface area (Å²) in [5.74, 6) is -1.19. The highest BCUT2D eigenvalue weighted by Crippen LogP contribution is 2.46. The molecule has 0 bridgehead atoms. The topological polar surface area (TPSA) is 69.6 Å². The highest BCUT2D eigenvalue weighted by Gasteiger charge is 2.48. The number of carbonyl (C=O) groups excluding carboxylic acids is 2. The van der Waals surface area contributed by atoms with Crippen LogP contribution in [0.5, 0.6) is 0 Å². The van der Waals surface area contributed by atoms with Crippen molar-refractivity contribution in [2.45, 2.75) is 44.4 Å². The second-order valence-corrected chi connectivity index (χ2v) is 11.5. The molecular weight excluding hydrogens is 512 g/mol. The third-order valence-corrected chi connectivity index (χ3v) is 7.37. The summed E-state index contributed by atoms with van der Waals surface area (Å²) in [6.45, 7) is 1.34. The molecule has 2 N–H and O–H groups in total. The molecule has 6 nitrogen and oxygen atoms in total. The Balaban J connectivity index is 1.43. The number of quaternary nitrogens is 1. The van der Waals surface area contributed by atoms with Gasteiger partial charge in [-0.2, -0.15) is 0 Å². The van der Waals surface area contributed by atoms with Crippen LogP contribution in [0, 0.1) is 17.6 Å². The largest absolute Gasteiger partial charge is 0.388 e. The number of nitrogens with zero attached hydrogens (tertiary/aromatic N) is 2. The second kappa shape index (κ2) is 12.7. The number of rotatable bonds is 12. The first-order valence-electron chi connectivity index (χ1n) is 13.7. The molecule has 0 spiro atoms. The summed E-state index contributed by atoms with van der Waals surface area (Å²) < 4.78 is 27.7. The van der Waals surface area contributed by atoms with Crippen molar-refractivity contribution in [3.05, 3.63) is 101 Å². The maximum atomic E-state index is 13.6. The molecule has 40 heavy (non-hydrogen) atoms. The number of aliphatic hydroxyl groups is 1. The molecule has 4 rings (SSSR count). The molecule has 212 valence electrons. The summed E-state index contributed by atoms with van der Waals surface area (Å²) >= 11 is 0. The van der Waals surface area contributed by atoms with E-state index in [9.17, 15) is 23.5 Å². The van der Waals surface area contributed by atoms with Crippen molar-refractivity contribution in [2.24, 2.45) is 5.92 Å². The molecule has 1 fully saturated rings. The summed E-state index contributed by atoms with van der Waals surface area (Å²) in [7, 11) is 6.31. The maximum Gasteiger partial charge on any atom is 0.233 e. The normalized spacial score (nSPS) is 17.9. The fourth-order valence-corrected chi connectivity index (χ4v) is 5.13. The van der Waals surface area contributed by atoms with Crippen molar-refractivity contribution < 1.29 is 28.0 Å². The number of anilines is 1. The predicted octanol–water partition coefficient (Wildman–Crippen LogP) is 5.29. The molecule has 1 aliphatic rings. The Morgan fingerprint density at radius 2 is 1.55 bits per heavy atom. The minimum Gasteiger partial charge on any atom is -0.388 e. The van der Waals surface area contributed by atoms with Gasteiger partial charge in [0.25, 0.3) is 0 Å².